The Balaban J connectivity index is 3.25. The molecule has 1 atom stereocenters. The number of Topliss-reactive ketones (excluding diaryl/α,β-unsaturated/α-hetero) is 1. The van der Waals surface area contributed by atoms with Crippen molar-refractivity contribution in [3.63, 3.8) is 0 Å². The molecule has 1 aromatic rings. The van der Waals surface area contributed by atoms with Crippen molar-refractivity contribution < 1.29 is 23.2 Å². The van der Waals surface area contributed by atoms with Gasteiger partial charge in [0.2, 0.25) is 0 Å². The second kappa shape index (κ2) is 5.85. The maximum atomic E-state index is 12.2. The highest BCUT2D eigenvalue weighted by Gasteiger charge is 2.22. The van der Waals surface area contributed by atoms with Crippen LogP contribution in [0.25, 0.3) is 0 Å². The van der Waals surface area contributed by atoms with Crippen molar-refractivity contribution in [1.29, 1.82) is 0 Å². The second-order valence-corrected chi connectivity index (χ2v) is 4.25. The van der Waals surface area contributed by atoms with Crippen LogP contribution in [0.2, 0.25) is 0 Å². The van der Waals surface area contributed by atoms with Crippen LogP contribution in [0.5, 0.6) is 5.75 Å². The molecular formula is C10H8BrF2NO4. The minimum absolute atomic E-state index is 0.00278. The average molecular weight is 324 g/mol. The average Bonchev–Trinajstić information content (AvgIpc) is 2.27. The van der Waals surface area contributed by atoms with Gasteiger partial charge in [-0.1, -0.05) is 15.9 Å². The number of nitro benzene ring substituents is 1. The van der Waals surface area contributed by atoms with E-state index in [2.05, 4.69) is 20.7 Å². The summed E-state index contributed by atoms with van der Waals surface area (Å²) in [7, 11) is 0. The number of hydrogen-bond acceptors (Lipinski definition) is 4. The molecule has 0 aromatic heterocycles. The fourth-order valence-corrected chi connectivity index (χ4v) is 1.63. The second-order valence-electron chi connectivity index (χ2n) is 3.33. The molecule has 5 nitrogen and oxygen atoms in total. The number of halogens is 3. The lowest BCUT2D eigenvalue weighted by Crippen LogP contribution is -2.09. The molecule has 18 heavy (non-hydrogen) atoms. The quantitative estimate of drug-likeness (QED) is 0.474. The van der Waals surface area contributed by atoms with Crippen LogP contribution in [0, 0.1) is 10.1 Å². The number of alkyl halides is 3. The Morgan fingerprint density at radius 1 is 1.50 bits per heavy atom. The number of rotatable bonds is 5. The van der Waals surface area contributed by atoms with Gasteiger partial charge in [-0.05, 0) is 13.0 Å². The van der Waals surface area contributed by atoms with Gasteiger partial charge in [0.05, 0.1) is 4.92 Å². The normalized spacial score (nSPS) is 12.3. The van der Waals surface area contributed by atoms with Crippen molar-refractivity contribution in [2.45, 2.75) is 18.4 Å². The molecule has 8 heteroatoms. The molecule has 98 valence electrons. The Hall–Kier alpha value is -1.57. The van der Waals surface area contributed by atoms with E-state index in [1.165, 1.54) is 6.92 Å². The highest BCUT2D eigenvalue weighted by Crippen LogP contribution is 2.35. The molecule has 0 N–H and O–H groups in total. The summed E-state index contributed by atoms with van der Waals surface area (Å²) in [5, 5.41) is 10.6. The monoisotopic (exact) mass is 323 g/mol. The van der Waals surface area contributed by atoms with E-state index in [4.69, 9.17) is 0 Å². The standard InChI is InChI=1S/C10H8BrF2NO4/c1-5(15)9(11)7-4-6(14(16)17)2-3-8(7)18-10(12)13/h2-4,9-10H,1H3. The van der Waals surface area contributed by atoms with Gasteiger partial charge in [0, 0.05) is 17.7 Å². The third kappa shape index (κ3) is 3.46. The Morgan fingerprint density at radius 3 is 2.56 bits per heavy atom. The lowest BCUT2D eigenvalue weighted by molar-refractivity contribution is -0.384. The van der Waals surface area contributed by atoms with Gasteiger partial charge in [-0.3, -0.25) is 14.9 Å². The number of non-ortho nitro benzene ring substituents is 1. The molecule has 0 aliphatic carbocycles. The molecule has 0 amide bonds. The minimum Gasteiger partial charge on any atom is -0.434 e. The van der Waals surface area contributed by atoms with Crippen LogP contribution in [-0.2, 0) is 4.79 Å². The van der Waals surface area contributed by atoms with Crippen molar-refractivity contribution in [2.24, 2.45) is 0 Å². The van der Waals surface area contributed by atoms with E-state index in [1.807, 2.05) is 0 Å². The van der Waals surface area contributed by atoms with Crippen molar-refractivity contribution in [3.8, 4) is 5.75 Å². The first kappa shape index (κ1) is 14.5. The third-order valence-electron chi connectivity index (χ3n) is 2.05. The fraction of sp³-hybridized carbons (Fsp3) is 0.300. The largest absolute Gasteiger partial charge is 0.434 e. The Kier molecular flexibility index (Phi) is 4.71. The number of nitrogens with zero attached hydrogens (tertiary/aromatic N) is 1. The maximum Gasteiger partial charge on any atom is 0.387 e. The van der Waals surface area contributed by atoms with E-state index in [0.717, 1.165) is 18.2 Å². The van der Waals surface area contributed by atoms with Gasteiger partial charge in [0.1, 0.15) is 16.4 Å². The van der Waals surface area contributed by atoms with Crippen molar-refractivity contribution in [2.75, 3.05) is 0 Å². The number of nitro groups is 1. The van der Waals surface area contributed by atoms with Crippen LogP contribution >= 0.6 is 15.9 Å². The van der Waals surface area contributed by atoms with Crippen LogP contribution in [0.15, 0.2) is 18.2 Å². The summed E-state index contributed by atoms with van der Waals surface area (Å²) in [6.07, 6.45) is 0. The van der Waals surface area contributed by atoms with Crippen LogP contribution in [0.4, 0.5) is 14.5 Å². The van der Waals surface area contributed by atoms with E-state index < -0.39 is 16.4 Å². The highest BCUT2D eigenvalue weighted by molar-refractivity contribution is 9.09. The fourth-order valence-electron chi connectivity index (χ4n) is 1.27. The van der Waals surface area contributed by atoms with Gasteiger partial charge in [-0.15, -0.1) is 0 Å². The summed E-state index contributed by atoms with van der Waals surface area (Å²) >= 11 is 2.98. The topological polar surface area (TPSA) is 69.4 Å². The van der Waals surface area contributed by atoms with Gasteiger partial charge in [0.15, 0.2) is 0 Å². The Morgan fingerprint density at radius 2 is 2.11 bits per heavy atom. The molecule has 0 spiro atoms. The number of ketones is 1. The summed E-state index contributed by atoms with van der Waals surface area (Å²) in [6.45, 7) is -1.85. The van der Waals surface area contributed by atoms with Gasteiger partial charge < -0.3 is 4.74 Å². The number of ether oxygens (including phenoxy) is 1. The molecule has 0 radical (unpaired) electrons. The first-order chi connectivity index (χ1) is 8.32. The van der Waals surface area contributed by atoms with Crippen molar-refractivity contribution in [1.82, 2.24) is 0 Å². The van der Waals surface area contributed by atoms with Crippen LogP contribution < -0.4 is 4.74 Å². The molecule has 0 bridgehead atoms. The van der Waals surface area contributed by atoms with Gasteiger partial charge in [0.25, 0.3) is 5.69 Å². The molecule has 1 aromatic carbocycles. The summed E-state index contributed by atoms with van der Waals surface area (Å²) < 4.78 is 28.5. The highest BCUT2D eigenvalue weighted by atomic mass is 79.9. The number of carbonyl (C=O) groups excluding carboxylic acids is 1. The van der Waals surface area contributed by atoms with Crippen LogP contribution in [0.3, 0.4) is 0 Å². The third-order valence-corrected chi connectivity index (χ3v) is 3.19. The number of carbonyl (C=O) groups is 1. The molecule has 1 unspecified atom stereocenters. The van der Waals surface area contributed by atoms with E-state index >= 15 is 0 Å². The maximum absolute atomic E-state index is 12.2. The molecule has 0 saturated heterocycles. The van der Waals surface area contributed by atoms with Gasteiger partial charge >= 0.3 is 6.61 Å². The van der Waals surface area contributed by atoms with Crippen LogP contribution in [-0.4, -0.2) is 17.3 Å². The summed E-state index contributed by atoms with van der Waals surface area (Å²) in [5.41, 5.74) is -0.311. The summed E-state index contributed by atoms with van der Waals surface area (Å²) in [4.78, 5) is 20.2. The molecular weight excluding hydrogens is 316 g/mol. The Bertz CT molecular complexity index is 481. The zero-order valence-corrected chi connectivity index (χ0v) is 10.7. The van der Waals surface area contributed by atoms with Crippen LogP contribution in [0.1, 0.15) is 17.3 Å². The first-order valence-corrected chi connectivity index (χ1v) is 5.62. The van der Waals surface area contributed by atoms with E-state index in [-0.39, 0.29) is 22.8 Å². The molecule has 0 fully saturated rings. The van der Waals surface area contributed by atoms with Crippen molar-refractivity contribution in [3.05, 3.63) is 33.9 Å². The van der Waals surface area contributed by atoms with Gasteiger partial charge in [-0.25, -0.2) is 0 Å². The molecule has 0 aliphatic heterocycles. The van der Waals surface area contributed by atoms with Gasteiger partial charge in [-0.2, -0.15) is 8.78 Å². The molecule has 1 rings (SSSR count). The SMILES string of the molecule is CC(=O)C(Br)c1cc([N+](=O)[O-])ccc1OC(F)F. The predicted octanol–water partition coefficient (Wildman–Crippen LogP) is 3.22. The zero-order valence-electron chi connectivity index (χ0n) is 9.10. The van der Waals surface area contributed by atoms with Crippen molar-refractivity contribution >= 4 is 27.4 Å². The molecule has 0 heterocycles. The smallest absolute Gasteiger partial charge is 0.387 e. The Labute approximate surface area is 109 Å². The predicted molar refractivity (Wildman–Crippen MR) is 62.1 cm³/mol. The lowest BCUT2D eigenvalue weighted by Gasteiger charge is -2.13. The summed E-state index contributed by atoms with van der Waals surface area (Å²) in [5.74, 6) is -0.651. The zero-order chi connectivity index (χ0) is 13.9. The van der Waals surface area contributed by atoms with E-state index in [0.29, 0.717) is 0 Å². The molecule has 0 saturated carbocycles. The van der Waals surface area contributed by atoms with E-state index in [9.17, 15) is 23.7 Å². The number of benzene rings is 1. The lowest BCUT2D eigenvalue weighted by atomic mass is 10.1. The van der Waals surface area contributed by atoms with E-state index in [1.54, 1.807) is 0 Å². The molecule has 0 aliphatic rings. The first-order valence-electron chi connectivity index (χ1n) is 4.70. The minimum atomic E-state index is -3.07. The number of hydrogen-bond donors (Lipinski definition) is 0. The summed E-state index contributed by atoms with van der Waals surface area (Å²) in [6, 6.07) is 3.09.